The van der Waals surface area contributed by atoms with Gasteiger partial charge < -0.3 is 54.9 Å². The second-order valence-corrected chi connectivity index (χ2v) is 10.4. The van der Waals surface area contributed by atoms with Crippen molar-refractivity contribution in [2.24, 2.45) is 0 Å². The lowest BCUT2D eigenvalue weighted by atomic mass is 9.96. The van der Waals surface area contributed by atoms with Gasteiger partial charge in [-0.3, -0.25) is 4.79 Å². The molecule has 0 aromatic heterocycles. The van der Waals surface area contributed by atoms with E-state index in [1.165, 1.54) is 50.3 Å². The molecule has 0 aromatic rings. The van der Waals surface area contributed by atoms with E-state index in [9.17, 15) is 40.5 Å². The number of rotatable bonds is 16. The summed E-state index contributed by atoms with van der Waals surface area (Å²) in [5, 5.41) is 71.2. The zero-order chi connectivity index (χ0) is 28.2. The number of aliphatic hydroxyl groups is 7. The summed E-state index contributed by atoms with van der Waals surface area (Å²) in [5.74, 6) is -0.359. The van der Waals surface area contributed by atoms with Gasteiger partial charge in [0.1, 0.15) is 48.8 Å². The molecule has 38 heavy (non-hydrogen) atoms. The highest BCUT2D eigenvalue weighted by atomic mass is 16.7. The molecule has 12 heteroatoms. The summed E-state index contributed by atoms with van der Waals surface area (Å²) in [6.45, 7) is 2.52. The molecule has 0 bridgehead atoms. The quantitative estimate of drug-likeness (QED) is 0.121. The number of amides is 1. The van der Waals surface area contributed by atoms with Crippen molar-refractivity contribution in [3.63, 3.8) is 0 Å². The van der Waals surface area contributed by atoms with Crippen molar-refractivity contribution in [1.82, 2.24) is 4.90 Å². The van der Waals surface area contributed by atoms with Crippen LogP contribution in [0.5, 0.6) is 0 Å². The molecule has 10 atom stereocenters. The summed E-state index contributed by atoms with van der Waals surface area (Å²) in [5.41, 5.74) is 0. The summed E-state index contributed by atoms with van der Waals surface area (Å²) >= 11 is 0. The smallest absolute Gasteiger partial charge is 0.221 e. The van der Waals surface area contributed by atoms with Crippen LogP contribution in [0.4, 0.5) is 0 Å². The van der Waals surface area contributed by atoms with Crippen LogP contribution in [0.15, 0.2) is 0 Å². The fourth-order valence-electron chi connectivity index (χ4n) is 5.06. The van der Waals surface area contributed by atoms with Gasteiger partial charge in [0, 0.05) is 13.5 Å². The normalized spacial score (nSPS) is 35.8. The maximum absolute atomic E-state index is 12.4. The van der Waals surface area contributed by atoms with Crippen LogP contribution >= 0.6 is 0 Å². The minimum Gasteiger partial charge on any atom is -0.394 e. The van der Waals surface area contributed by atoms with E-state index in [0.717, 1.165) is 19.3 Å². The Morgan fingerprint density at radius 2 is 1.26 bits per heavy atom. The highest BCUT2D eigenvalue weighted by molar-refractivity contribution is 5.73. The number of hydrogen-bond acceptors (Lipinski definition) is 11. The Bertz CT molecular complexity index is 667. The Morgan fingerprint density at radius 1 is 0.711 bits per heavy atom. The lowest BCUT2D eigenvalue weighted by Crippen LogP contribution is -2.67. The van der Waals surface area contributed by atoms with Gasteiger partial charge in [-0.15, -0.1) is 0 Å². The average Bonchev–Trinajstić information content (AvgIpc) is 2.90. The van der Waals surface area contributed by atoms with Crippen LogP contribution in [-0.4, -0.2) is 128 Å². The molecule has 7 N–H and O–H groups in total. The molecule has 2 aliphatic rings. The number of carbonyl (C=O) groups excluding carboxylic acids is 1. The number of hydrogen-bond donors (Lipinski definition) is 7. The topological polar surface area (TPSA) is 190 Å². The Kier molecular flexibility index (Phi) is 14.9. The number of ether oxygens (including phenoxy) is 3. The summed E-state index contributed by atoms with van der Waals surface area (Å²) in [4.78, 5) is 13.7. The van der Waals surface area contributed by atoms with Crippen molar-refractivity contribution in [2.75, 3.05) is 19.8 Å². The zero-order valence-electron chi connectivity index (χ0n) is 22.7. The van der Waals surface area contributed by atoms with Crippen LogP contribution in [0.3, 0.4) is 0 Å². The van der Waals surface area contributed by atoms with Gasteiger partial charge in [-0.25, -0.2) is 0 Å². The number of unbranched alkanes of at least 4 members (excludes halogenated alkanes) is 9. The summed E-state index contributed by atoms with van der Waals surface area (Å²) < 4.78 is 16.7. The molecule has 2 saturated heterocycles. The summed E-state index contributed by atoms with van der Waals surface area (Å²) in [7, 11) is 0. The Labute approximate surface area is 225 Å². The molecule has 2 aliphatic heterocycles. The van der Waals surface area contributed by atoms with Crippen molar-refractivity contribution in [3.05, 3.63) is 0 Å². The molecular formula is C26H49NO11. The highest BCUT2D eigenvalue weighted by Gasteiger charge is 2.51. The molecule has 0 radical (unpaired) electrons. The van der Waals surface area contributed by atoms with Gasteiger partial charge in [0.05, 0.1) is 13.2 Å². The van der Waals surface area contributed by atoms with Crippen molar-refractivity contribution < 1.29 is 54.8 Å². The molecule has 0 aliphatic carbocycles. The van der Waals surface area contributed by atoms with Gasteiger partial charge in [0.2, 0.25) is 5.91 Å². The lowest BCUT2D eigenvalue weighted by molar-refractivity contribution is -0.347. The fraction of sp³-hybridized carbons (Fsp3) is 0.962. The molecule has 2 rings (SSSR count). The van der Waals surface area contributed by atoms with Crippen molar-refractivity contribution in [3.8, 4) is 0 Å². The third-order valence-electron chi connectivity index (χ3n) is 7.44. The predicted molar refractivity (Wildman–Crippen MR) is 136 cm³/mol. The van der Waals surface area contributed by atoms with Crippen molar-refractivity contribution >= 4 is 5.91 Å². The first-order chi connectivity index (χ1) is 18.2. The largest absolute Gasteiger partial charge is 0.394 e. The van der Waals surface area contributed by atoms with E-state index in [-0.39, 0.29) is 5.91 Å². The minimum atomic E-state index is -1.74. The Morgan fingerprint density at radius 3 is 1.79 bits per heavy atom. The molecule has 0 aromatic carbocycles. The Balaban J connectivity index is 1.92. The maximum Gasteiger partial charge on any atom is 0.221 e. The number of carbonyl (C=O) groups is 1. The van der Waals surface area contributed by atoms with E-state index in [1.807, 2.05) is 0 Å². The molecule has 12 nitrogen and oxygen atoms in total. The first kappa shape index (κ1) is 33.3. The standard InChI is InChI=1S/C26H49NO11/c1-3-4-5-6-7-8-9-10-11-12-13-27(16(2)30)25-22(34)21(33)24(18(15-29)36-25)38-26-23(35)20(32)19(31)17(14-28)37-26/h17-26,28-29,31-35H,3-15H2,1-2H3/t17-,18-,19+,20+,21-,22-,23-,24-,25?,26+/m1/s1. The highest BCUT2D eigenvalue weighted by Crippen LogP contribution is 2.30. The average molecular weight is 552 g/mol. The first-order valence-corrected chi connectivity index (χ1v) is 14.0. The zero-order valence-corrected chi connectivity index (χ0v) is 22.7. The molecule has 1 amide bonds. The molecular weight excluding hydrogens is 502 g/mol. The van der Waals surface area contributed by atoms with Crippen LogP contribution in [0.1, 0.15) is 78.1 Å². The van der Waals surface area contributed by atoms with E-state index in [2.05, 4.69) is 6.92 Å². The molecule has 2 fully saturated rings. The molecule has 2 heterocycles. The van der Waals surface area contributed by atoms with Crippen LogP contribution < -0.4 is 0 Å². The molecule has 0 saturated carbocycles. The van der Waals surface area contributed by atoms with Crippen LogP contribution in [0, 0.1) is 0 Å². The second-order valence-electron chi connectivity index (χ2n) is 10.4. The van der Waals surface area contributed by atoms with Gasteiger partial charge >= 0.3 is 0 Å². The van der Waals surface area contributed by atoms with Crippen molar-refractivity contribution in [2.45, 2.75) is 139 Å². The van der Waals surface area contributed by atoms with Gasteiger partial charge in [-0.05, 0) is 6.42 Å². The number of aliphatic hydroxyl groups excluding tert-OH is 7. The molecule has 0 spiro atoms. The predicted octanol–water partition coefficient (Wildman–Crippen LogP) is -0.620. The fourth-order valence-corrected chi connectivity index (χ4v) is 5.06. The van der Waals surface area contributed by atoms with Crippen molar-refractivity contribution in [1.29, 1.82) is 0 Å². The minimum absolute atomic E-state index is 0.302. The maximum atomic E-state index is 12.4. The summed E-state index contributed by atoms with van der Waals surface area (Å²) in [6.07, 6.45) is -3.74. The van der Waals surface area contributed by atoms with E-state index >= 15 is 0 Å². The van der Waals surface area contributed by atoms with Gasteiger partial charge in [-0.1, -0.05) is 64.7 Å². The lowest BCUT2D eigenvalue weighted by Gasteiger charge is -2.48. The van der Waals surface area contributed by atoms with E-state index in [4.69, 9.17) is 14.2 Å². The molecule has 1 unspecified atom stereocenters. The van der Waals surface area contributed by atoms with Crippen LogP contribution in [0.25, 0.3) is 0 Å². The van der Waals surface area contributed by atoms with Gasteiger partial charge in [0.15, 0.2) is 12.5 Å². The SMILES string of the molecule is CCCCCCCCCCCCN(C(C)=O)C1O[C@H](CO)[C@@H](O[C@@H]2O[C@H](CO)[C@H](O)[C@H](O)[C@H]2O)[C@H](O)[C@H]1O. The second kappa shape index (κ2) is 17.0. The van der Waals surface area contributed by atoms with Gasteiger partial charge in [-0.2, -0.15) is 0 Å². The molecule has 224 valence electrons. The number of nitrogens with zero attached hydrogens (tertiary/aromatic N) is 1. The Hall–Kier alpha value is -0.930. The van der Waals surface area contributed by atoms with E-state index < -0.39 is 74.6 Å². The first-order valence-electron chi connectivity index (χ1n) is 14.0. The third-order valence-corrected chi connectivity index (χ3v) is 7.44. The summed E-state index contributed by atoms with van der Waals surface area (Å²) in [6, 6.07) is 0. The monoisotopic (exact) mass is 551 g/mol. The van der Waals surface area contributed by atoms with E-state index in [0.29, 0.717) is 13.0 Å². The third kappa shape index (κ3) is 9.05. The van der Waals surface area contributed by atoms with Crippen LogP contribution in [0.2, 0.25) is 0 Å². The van der Waals surface area contributed by atoms with E-state index in [1.54, 1.807) is 0 Å². The van der Waals surface area contributed by atoms with Crippen LogP contribution in [-0.2, 0) is 19.0 Å². The van der Waals surface area contributed by atoms with Gasteiger partial charge in [0.25, 0.3) is 0 Å².